The molecule has 3 heteroatoms. The average molecular weight is 272 g/mol. The second-order valence-electron chi connectivity index (χ2n) is 3.56. The monoisotopic (exact) mass is 271 g/mol. The first-order valence-electron chi connectivity index (χ1n) is 5.34. The summed E-state index contributed by atoms with van der Waals surface area (Å²) in [7, 11) is 0. The van der Waals surface area contributed by atoms with Crippen LogP contribution in [0.2, 0.25) is 0 Å². The number of benzene rings is 1. The fourth-order valence-electron chi connectivity index (χ4n) is 1.39. The van der Waals surface area contributed by atoms with Gasteiger partial charge in [0.25, 0.3) is 0 Å². The van der Waals surface area contributed by atoms with Crippen molar-refractivity contribution in [3.63, 3.8) is 0 Å². The zero-order chi connectivity index (χ0) is 11.3. The van der Waals surface area contributed by atoms with E-state index in [2.05, 4.69) is 28.9 Å². The highest BCUT2D eigenvalue weighted by atomic mass is 79.9. The van der Waals surface area contributed by atoms with Crippen molar-refractivity contribution >= 4 is 15.9 Å². The summed E-state index contributed by atoms with van der Waals surface area (Å²) in [5.41, 5.74) is 7.15. The fourth-order valence-corrected chi connectivity index (χ4v) is 1.80. The van der Waals surface area contributed by atoms with Crippen LogP contribution in [0.25, 0.3) is 0 Å². The molecule has 0 spiro atoms. The number of ether oxygens (including phenoxy) is 1. The van der Waals surface area contributed by atoms with Crippen LogP contribution in [0.1, 0.15) is 25.8 Å². The van der Waals surface area contributed by atoms with Crippen molar-refractivity contribution in [3.05, 3.63) is 28.2 Å². The molecule has 15 heavy (non-hydrogen) atoms. The summed E-state index contributed by atoms with van der Waals surface area (Å²) in [6.07, 6.45) is 1.88. The maximum Gasteiger partial charge on any atom is 0.119 e. The molecule has 0 saturated heterocycles. The van der Waals surface area contributed by atoms with Crippen molar-refractivity contribution in [2.75, 3.05) is 6.61 Å². The summed E-state index contributed by atoms with van der Waals surface area (Å²) >= 11 is 3.53. The summed E-state index contributed by atoms with van der Waals surface area (Å²) in [5.74, 6) is 0.916. The van der Waals surface area contributed by atoms with Crippen LogP contribution in [0.15, 0.2) is 22.7 Å². The average Bonchev–Trinajstić information content (AvgIpc) is 2.23. The minimum Gasteiger partial charge on any atom is -0.494 e. The molecule has 1 rings (SSSR count). The molecule has 1 aromatic carbocycles. The second kappa shape index (κ2) is 6.13. The van der Waals surface area contributed by atoms with Gasteiger partial charge in [-0.1, -0.05) is 22.9 Å². The van der Waals surface area contributed by atoms with Gasteiger partial charge in [0.15, 0.2) is 0 Å². The predicted molar refractivity (Wildman–Crippen MR) is 67.3 cm³/mol. The van der Waals surface area contributed by atoms with Crippen molar-refractivity contribution in [1.29, 1.82) is 0 Å². The molecule has 1 aromatic rings. The molecule has 1 atom stereocenters. The highest BCUT2D eigenvalue weighted by molar-refractivity contribution is 9.10. The molecule has 0 bridgehead atoms. The number of hydrogen-bond acceptors (Lipinski definition) is 2. The van der Waals surface area contributed by atoms with E-state index < -0.39 is 0 Å². The van der Waals surface area contributed by atoms with Gasteiger partial charge in [-0.15, -0.1) is 0 Å². The SMILES string of the molecule is CCOc1ccc(Br)c(C[C@@H](N)CC)c1. The van der Waals surface area contributed by atoms with Crippen LogP contribution < -0.4 is 10.5 Å². The molecule has 0 radical (unpaired) electrons. The van der Waals surface area contributed by atoms with Gasteiger partial charge >= 0.3 is 0 Å². The summed E-state index contributed by atoms with van der Waals surface area (Å²) < 4.78 is 6.56. The third kappa shape index (κ3) is 3.84. The van der Waals surface area contributed by atoms with Crippen molar-refractivity contribution in [1.82, 2.24) is 0 Å². The van der Waals surface area contributed by atoms with Crippen molar-refractivity contribution in [2.45, 2.75) is 32.7 Å². The lowest BCUT2D eigenvalue weighted by molar-refractivity contribution is 0.339. The van der Waals surface area contributed by atoms with E-state index >= 15 is 0 Å². The maximum atomic E-state index is 5.94. The number of nitrogens with two attached hydrogens (primary N) is 1. The first-order chi connectivity index (χ1) is 7.17. The van der Waals surface area contributed by atoms with Crippen LogP contribution in [0.5, 0.6) is 5.75 Å². The molecule has 0 amide bonds. The highest BCUT2D eigenvalue weighted by Gasteiger charge is 2.06. The fraction of sp³-hybridized carbons (Fsp3) is 0.500. The normalized spacial score (nSPS) is 12.5. The lowest BCUT2D eigenvalue weighted by Crippen LogP contribution is -2.21. The summed E-state index contributed by atoms with van der Waals surface area (Å²) in [5, 5.41) is 0. The van der Waals surface area contributed by atoms with E-state index in [9.17, 15) is 0 Å². The Morgan fingerprint density at radius 2 is 2.13 bits per heavy atom. The van der Waals surface area contributed by atoms with E-state index in [0.717, 1.165) is 23.1 Å². The Balaban J connectivity index is 2.80. The van der Waals surface area contributed by atoms with Crippen LogP contribution >= 0.6 is 15.9 Å². The molecular weight excluding hydrogens is 254 g/mol. The quantitative estimate of drug-likeness (QED) is 0.893. The van der Waals surface area contributed by atoms with Gasteiger partial charge in [0.05, 0.1) is 6.61 Å². The Hall–Kier alpha value is -0.540. The molecule has 0 aliphatic carbocycles. The van der Waals surface area contributed by atoms with E-state index in [0.29, 0.717) is 6.61 Å². The van der Waals surface area contributed by atoms with E-state index in [4.69, 9.17) is 10.5 Å². The number of rotatable bonds is 5. The van der Waals surface area contributed by atoms with Crippen LogP contribution in [-0.2, 0) is 6.42 Å². The number of halogens is 1. The largest absolute Gasteiger partial charge is 0.494 e. The summed E-state index contributed by atoms with van der Waals surface area (Å²) in [6.45, 7) is 4.78. The van der Waals surface area contributed by atoms with E-state index in [1.54, 1.807) is 0 Å². The van der Waals surface area contributed by atoms with Gasteiger partial charge in [-0.05, 0) is 43.5 Å². The lowest BCUT2D eigenvalue weighted by atomic mass is 10.0. The lowest BCUT2D eigenvalue weighted by Gasteiger charge is -2.12. The van der Waals surface area contributed by atoms with Gasteiger partial charge in [0, 0.05) is 10.5 Å². The van der Waals surface area contributed by atoms with Gasteiger partial charge < -0.3 is 10.5 Å². The van der Waals surface area contributed by atoms with Crippen molar-refractivity contribution in [2.24, 2.45) is 5.73 Å². The van der Waals surface area contributed by atoms with E-state index in [1.807, 2.05) is 19.1 Å². The van der Waals surface area contributed by atoms with Crippen LogP contribution in [0.4, 0.5) is 0 Å². The Morgan fingerprint density at radius 3 is 2.73 bits per heavy atom. The molecule has 84 valence electrons. The van der Waals surface area contributed by atoms with Crippen LogP contribution in [0.3, 0.4) is 0 Å². The van der Waals surface area contributed by atoms with Crippen LogP contribution in [0, 0.1) is 0 Å². The Bertz CT molecular complexity index is 314. The molecular formula is C12H18BrNO. The molecule has 0 unspecified atom stereocenters. The molecule has 0 aromatic heterocycles. The first-order valence-corrected chi connectivity index (χ1v) is 6.13. The maximum absolute atomic E-state index is 5.94. The molecule has 0 saturated carbocycles. The van der Waals surface area contributed by atoms with Gasteiger partial charge in [-0.3, -0.25) is 0 Å². The van der Waals surface area contributed by atoms with E-state index in [1.165, 1.54) is 5.56 Å². The van der Waals surface area contributed by atoms with Gasteiger partial charge in [0.2, 0.25) is 0 Å². The van der Waals surface area contributed by atoms with E-state index in [-0.39, 0.29) is 6.04 Å². The summed E-state index contributed by atoms with van der Waals surface area (Å²) in [4.78, 5) is 0. The number of hydrogen-bond donors (Lipinski definition) is 1. The predicted octanol–water partition coefficient (Wildman–Crippen LogP) is 3.13. The molecule has 0 aliphatic rings. The molecule has 0 heterocycles. The first kappa shape index (κ1) is 12.5. The zero-order valence-electron chi connectivity index (χ0n) is 9.29. The van der Waals surface area contributed by atoms with Gasteiger partial charge in [0.1, 0.15) is 5.75 Å². The minimum atomic E-state index is 0.221. The van der Waals surface area contributed by atoms with Crippen molar-refractivity contribution < 1.29 is 4.74 Å². The standard InChI is InChI=1S/C12H18BrNO/c1-3-10(14)7-9-8-11(15-4-2)5-6-12(9)13/h5-6,8,10H,3-4,7,14H2,1-2H3/t10-/m0/s1. The smallest absolute Gasteiger partial charge is 0.119 e. The topological polar surface area (TPSA) is 35.2 Å². The molecule has 2 nitrogen and oxygen atoms in total. The Labute approximate surface area is 99.9 Å². The van der Waals surface area contributed by atoms with Gasteiger partial charge in [-0.2, -0.15) is 0 Å². The highest BCUT2D eigenvalue weighted by Crippen LogP contribution is 2.24. The minimum absolute atomic E-state index is 0.221. The second-order valence-corrected chi connectivity index (χ2v) is 4.41. The Kier molecular flexibility index (Phi) is 5.12. The summed E-state index contributed by atoms with van der Waals surface area (Å²) in [6, 6.07) is 6.26. The third-order valence-electron chi connectivity index (χ3n) is 2.33. The van der Waals surface area contributed by atoms with Crippen molar-refractivity contribution in [3.8, 4) is 5.75 Å². The Morgan fingerprint density at radius 1 is 1.40 bits per heavy atom. The molecule has 0 fully saturated rings. The van der Waals surface area contributed by atoms with Crippen LogP contribution in [-0.4, -0.2) is 12.6 Å². The van der Waals surface area contributed by atoms with Gasteiger partial charge in [-0.25, -0.2) is 0 Å². The third-order valence-corrected chi connectivity index (χ3v) is 3.11. The molecule has 2 N–H and O–H groups in total. The molecule has 0 aliphatic heterocycles. The zero-order valence-corrected chi connectivity index (χ0v) is 10.9.